The molecule has 0 unspecified atom stereocenters. The van der Waals surface area contributed by atoms with E-state index in [4.69, 9.17) is 16.3 Å². The average molecular weight is 474 g/mol. The van der Waals surface area contributed by atoms with Gasteiger partial charge in [0.15, 0.2) is 0 Å². The molecular weight excluding hydrogens is 438 g/mol. The van der Waals surface area contributed by atoms with Crippen LogP contribution >= 0.6 is 0 Å². The van der Waals surface area contributed by atoms with Crippen LogP contribution < -0.4 is 15.4 Å². The number of aliphatic hydroxyl groups is 1. The molecule has 1 heterocycles. The second-order valence-electron chi connectivity index (χ2n) is 9.51. The van der Waals surface area contributed by atoms with Gasteiger partial charge < -0.3 is 30.5 Å². The third-order valence-corrected chi connectivity index (χ3v) is 5.75. The van der Waals surface area contributed by atoms with Crippen molar-refractivity contribution in [2.45, 2.75) is 64.8 Å². The molecule has 2 rings (SSSR count). The summed E-state index contributed by atoms with van der Waals surface area (Å²) < 4.78 is 5.72. The first kappa shape index (κ1) is 27.2. The molecule has 0 spiro atoms. The maximum Gasteiger partial charge on any atom is 0.303 e. The van der Waals surface area contributed by atoms with Crippen LogP contribution in [-0.2, 0) is 20.9 Å². The number of carbonyl (C=O) groups is 3. The number of likely N-dealkylation sites (tertiary alicyclic amines) is 1. The van der Waals surface area contributed by atoms with Crippen molar-refractivity contribution in [3.63, 3.8) is 0 Å². The minimum Gasteiger partial charge on any atom is -0.493 e. The van der Waals surface area contributed by atoms with Crippen LogP contribution in [0.25, 0.3) is 0 Å². The number of nitrogens with one attached hydrogen (secondary N) is 2. The predicted octanol–water partition coefficient (Wildman–Crippen LogP) is 1.12. The Morgan fingerprint density at radius 3 is 2.62 bits per heavy atom. The summed E-state index contributed by atoms with van der Waals surface area (Å²) in [6.45, 7) is 6.22. The second kappa shape index (κ2) is 11.9. The van der Waals surface area contributed by atoms with E-state index in [1.807, 2.05) is 20.8 Å². The number of benzene rings is 1. The van der Waals surface area contributed by atoms with Crippen LogP contribution in [0.2, 0.25) is 0 Å². The Morgan fingerprint density at radius 1 is 1.32 bits per heavy atom. The quantitative estimate of drug-likeness (QED) is 0.296. The fraction of sp³-hybridized carbons (Fsp3) is 0.560. The van der Waals surface area contributed by atoms with Gasteiger partial charge >= 0.3 is 5.97 Å². The molecule has 0 saturated carbocycles. The number of terminal acetylenes is 1. The first-order valence-corrected chi connectivity index (χ1v) is 11.4. The molecule has 1 aromatic carbocycles. The minimum atomic E-state index is -0.904. The van der Waals surface area contributed by atoms with Gasteiger partial charge in [-0.05, 0) is 31.0 Å². The number of aliphatic hydroxyl groups excluding tert-OH is 1. The van der Waals surface area contributed by atoms with Crippen molar-refractivity contribution in [2.75, 3.05) is 20.2 Å². The highest BCUT2D eigenvalue weighted by Crippen LogP contribution is 2.26. The van der Waals surface area contributed by atoms with Gasteiger partial charge in [0.25, 0.3) is 0 Å². The highest BCUT2D eigenvalue weighted by molar-refractivity contribution is 5.91. The number of amides is 2. The van der Waals surface area contributed by atoms with Crippen LogP contribution in [-0.4, -0.2) is 71.3 Å². The molecule has 186 valence electrons. The standard InChI is InChI=1S/C25H35N3O6/c1-6-16-9-10-17(20(12-16)34-11-7-8-21(30)31)14-27-23(32)19-13-18(29)15-28(19)24(33)22(26-5)25(2,3)4/h1,9-10,12,18-19,22,26,29H,7-8,11,13-15H2,2-5H3,(H,27,32)(H,30,31)/t18-,19+,22-/m1/s1. The summed E-state index contributed by atoms with van der Waals surface area (Å²) >= 11 is 0. The van der Waals surface area contributed by atoms with E-state index >= 15 is 0 Å². The fourth-order valence-corrected chi connectivity index (χ4v) is 4.03. The van der Waals surface area contributed by atoms with Gasteiger partial charge in [0, 0.05) is 37.1 Å². The highest BCUT2D eigenvalue weighted by Gasteiger charge is 2.43. The average Bonchev–Trinajstić information content (AvgIpc) is 3.16. The van der Waals surface area contributed by atoms with Gasteiger partial charge in [-0.1, -0.05) is 32.8 Å². The van der Waals surface area contributed by atoms with Gasteiger partial charge in [-0.25, -0.2) is 0 Å². The molecule has 2 amide bonds. The molecule has 1 aromatic rings. The molecule has 1 aliphatic rings. The number of nitrogens with zero attached hydrogens (tertiary/aromatic N) is 1. The van der Waals surface area contributed by atoms with Gasteiger partial charge in [-0.15, -0.1) is 6.42 Å². The van der Waals surface area contributed by atoms with E-state index in [2.05, 4.69) is 16.6 Å². The number of hydrogen-bond acceptors (Lipinski definition) is 6. The third kappa shape index (κ3) is 7.20. The Kier molecular flexibility index (Phi) is 9.47. The molecule has 1 fully saturated rings. The summed E-state index contributed by atoms with van der Waals surface area (Å²) in [7, 11) is 1.70. The zero-order valence-corrected chi connectivity index (χ0v) is 20.3. The maximum absolute atomic E-state index is 13.2. The first-order valence-electron chi connectivity index (χ1n) is 11.4. The van der Waals surface area contributed by atoms with Crippen molar-refractivity contribution in [3.8, 4) is 18.1 Å². The Morgan fingerprint density at radius 2 is 2.03 bits per heavy atom. The topological polar surface area (TPSA) is 128 Å². The van der Waals surface area contributed by atoms with E-state index < -0.39 is 24.2 Å². The van der Waals surface area contributed by atoms with Crippen LogP contribution in [0.1, 0.15) is 51.2 Å². The molecule has 0 radical (unpaired) electrons. The number of β-amino-alcohol motifs (C(OH)–C–C–N with tert-alkyl or cyclic N) is 1. The third-order valence-electron chi connectivity index (χ3n) is 5.75. The smallest absolute Gasteiger partial charge is 0.303 e. The minimum absolute atomic E-state index is 0.0169. The lowest BCUT2D eigenvalue weighted by Gasteiger charge is -2.34. The molecule has 1 saturated heterocycles. The number of aliphatic carboxylic acids is 1. The Balaban J connectivity index is 2.10. The number of likely N-dealkylation sites (N-methyl/N-ethyl adjacent to an activating group) is 1. The lowest BCUT2D eigenvalue weighted by Crippen LogP contribution is -2.55. The van der Waals surface area contributed by atoms with Gasteiger partial charge in [-0.3, -0.25) is 14.4 Å². The van der Waals surface area contributed by atoms with E-state index in [-0.39, 0.29) is 49.8 Å². The van der Waals surface area contributed by atoms with Crippen molar-refractivity contribution in [2.24, 2.45) is 5.41 Å². The maximum atomic E-state index is 13.2. The molecular formula is C25H35N3O6. The summed E-state index contributed by atoms with van der Waals surface area (Å²) in [5.41, 5.74) is 0.896. The lowest BCUT2D eigenvalue weighted by molar-refractivity contribution is -0.142. The number of carboxylic acid groups (broad SMARTS) is 1. The van der Waals surface area contributed by atoms with Crippen molar-refractivity contribution < 1.29 is 29.3 Å². The Labute approximate surface area is 200 Å². The molecule has 4 N–H and O–H groups in total. The van der Waals surface area contributed by atoms with Gasteiger partial charge in [0.05, 0.1) is 18.8 Å². The molecule has 9 heteroatoms. The van der Waals surface area contributed by atoms with Crippen LogP contribution in [0, 0.1) is 17.8 Å². The van der Waals surface area contributed by atoms with E-state index in [9.17, 15) is 19.5 Å². The van der Waals surface area contributed by atoms with E-state index in [1.165, 1.54) is 4.90 Å². The Bertz CT molecular complexity index is 934. The first-order chi connectivity index (χ1) is 16.0. The molecule has 9 nitrogen and oxygen atoms in total. The number of ether oxygens (including phenoxy) is 1. The largest absolute Gasteiger partial charge is 0.493 e. The summed E-state index contributed by atoms with van der Waals surface area (Å²) in [5.74, 6) is 1.48. The SMILES string of the molecule is C#Cc1ccc(CNC(=O)[C@@H]2C[C@@H](O)CN2C(=O)[C@@H](NC)C(C)(C)C)c(OCCCC(=O)O)c1. The van der Waals surface area contributed by atoms with E-state index in [0.717, 1.165) is 0 Å². The number of carboxylic acids is 1. The van der Waals surface area contributed by atoms with Gasteiger partial charge in [0.2, 0.25) is 11.8 Å². The van der Waals surface area contributed by atoms with Gasteiger partial charge in [0.1, 0.15) is 11.8 Å². The monoisotopic (exact) mass is 473 g/mol. The number of carbonyl (C=O) groups excluding carboxylic acids is 2. The van der Waals surface area contributed by atoms with Crippen molar-refractivity contribution in [3.05, 3.63) is 29.3 Å². The zero-order chi connectivity index (χ0) is 25.5. The molecule has 0 bridgehead atoms. The molecule has 34 heavy (non-hydrogen) atoms. The van der Waals surface area contributed by atoms with Crippen molar-refractivity contribution in [1.29, 1.82) is 0 Å². The van der Waals surface area contributed by atoms with Crippen LogP contribution in [0.4, 0.5) is 0 Å². The summed E-state index contributed by atoms with van der Waals surface area (Å²) in [5, 5.41) is 24.9. The predicted molar refractivity (Wildman–Crippen MR) is 127 cm³/mol. The molecule has 3 atom stereocenters. The van der Waals surface area contributed by atoms with Crippen LogP contribution in [0.15, 0.2) is 18.2 Å². The van der Waals surface area contributed by atoms with Crippen LogP contribution in [0.3, 0.4) is 0 Å². The number of hydrogen-bond donors (Lipinski definition) is 4. The normalized spacial score (nSPS) is 18.8. The fourth-order valence-electron chi connectivity index (χ4n) is 4.03. The van der Waals surface area contributed by atoms with E-state index in [1.54, 1.807) is 25.2 Å². The summed E-state index contributed by atoms with van der Waals surface area (Å²) in [4.78, 5) is 38.4. The summed E-state index contributed by atoms with van der Waals surface area (Å²) in [6, 6.07) is 3.84. The van der Waals surface area contributed by atoms with Crippen molar-refractivity contribution >= 4 is 17.8 Å². The number of rotatable bonds is 10. The van der Waals surface area contributed by atoms with Crippen molar-refractivity contribution in [1.82, 2.24) is 15.5 Å². The lowest BCUT2D eigenvalue weighted by atomic mass is 9.86. The highest BCUT2D eigenvalue weighted by atomic mass is 16.5. The van der Waals surface area contributed by atoms with Gasteiger partial charge in [-0.2, -0.15) is 0 Å². The molecule has 1 aliphatic heterocycles. The molecule has 0 aliphatic carbocycles. The summed E-state index contributed by atoms with van der Waals surface area (Å²) in [6.07, 6.45) is 5.17. The van der Waals surface area contributed by atoms with Crippen LogP contribution in [0.5, 0.6) is 5.75 Å². The van der Waals surface area contributed by atoms with E-state index in [0.29, 0.717) is 23.3 Å². The Hall–Kier alpha value is -3.09. The zero-order valence-electron chi connectivity index (χ0n) is 20.3. The molecule has 0 aromatic heterocycles. The second-order valence-corrected chi connectivity index (χ2v) is 9.51.